The van der Waals surface area contributed by atoms with E-state index in [1.165, 1.54) is 36.0 Å². The second-order valence-electron chi connectivity index (χ2n) is 2.99. The fourth-order valence-electron chi connectivity index (χ4n) is 1.75. The number of rotatable bonds is 1. The monoisotopic (exact) mass is 148 g/mol. The molecule has 58 valence electrons. The van der Waals surface area contributed by atoms with Gasteiger partial charge in [0.25, 0.3) is 0 Å². The van der Waals surface area contributed by atoms with Gasteiger partial charge in [-0.25, -0.2) is 0 Å². The molecule has 2 nitrogen and oxygen atoms in total. The minimum atomic E-state index is 0.635. The second kappa shape index (κ2) is 2.62. The summed E-state index contributed by atoms with van der Waals surface area (Å²) in [6.45, 7) is 0.635. The molecule has 11 heavy (non-hydrogen) atoms. The van der Waals surface area contributed by atoms with Crippen LogP contribution in [0.5, 0.6) is 0 Å². The molecule has 1 aliphatic carbocycles. The number of pyridine rings is 1. The van der Waals surface area contributed by atoms with Crippen LogP contribution in [0.3, 0.4) is 0 Å². The van der Waals surface area contributed by atoms with Crippen LogP contribution >= 0.6 is 0 Å². The second-order valence-corrected chi connectivity index (χ2v) is 2.99. The van der Waals surface area contributed by atoms with Gasteiger partial charge in [-0.3, -0.25) is 4.98 Å². The molecule has 0 saturated carbocycles. The van der Waals surface area contributed by atoms with Crippen molar-refractivity contribution >= 4 is 0 Å². The van der Waals surface area contributed by atoms with Crippen molar-refractivity contribution in [2.45, 2.75) is 25.8 Å². The van der Waals surface area contributed by atoms with Crippen molar-refractivity contribution < 1.29 is 0 Å². The summed E-state index contributed by atoms with van der Waals surface area (Å²) in [5.74, 6) is 0. The molecule has 1 heterocycles. The zero-order valence-electron chi connectivity index (χ0n) is 6.51. The molecule has 0 bridgehead atoms. The van der Waals surface area contributed by atoms with E-state index in [0.717, 1.165) is 0 Å². The van der Waals surface area contributed by atoms with E-state index in [1.807, 2.05) is 12.4 Å². The van der Waals surface area contributed by atoms with Crippen LogP contribution in [0.4, 0.5) is 0 Å². The average Bonchev–Trinajstić information content (AvgIpc) is 2.50. The van der Waals surface area contributed by atoms with Crippen LogP contribution in [0.1, 0.15) is 23.1 Å². The van der Waals surface area contributed by atoms with Gasteiger partial charge in [-0.15, -0.1) is 0 Å². The highest BCUT2D eigenvalue weighted by molar-refractivity contribution is 5.35. The van der Waals surface area contributed by atoms with Gasteiger partial charge < -0.3 is 5.73 Å². The molecule has 1 aromatic heterocycles. The van der Waals surface area contributed by atoms with Gasteiger partial charge in [0.2, 0.25) is 0 Å². The molecule has 0 saturated heterocycles. The lowest BCUT2D eigenvalue weighted by molar-refractivity contribution is 0.903. The smallest absolute Gasteiger partial charge is 0.0315 e. The molecule has 0 atom stereocenters. The topological polar surface area (TPSA) is 38.9 Å². The van der Waals surface area contributed by atoms with Gasteiger partial charge >= 0.3 is 0 Å². The molecule has 0 amide bonds. The minimum Gasteiger partial charge on any atom is -0.326 e. The van der Waals surface area contributed by atoms with E-state index in [4.69, 9.17) is 5.73 Å². The Morgan fingerprint density at radius 2 is 2.27 bits per heavy atom. The zero-order valence-corrected chi connectivity index (χ0v) is 6.51. The normalized spacial score (nSPS) is 15.0. The fraction of sp³-hybridized carbons (Fsp3) is 0.444. The van der Waals surface area contributed by atoms with E-state index >= 15 is 0 Å². The van der Waals surface area contributed by atoms with E-state index < -0.39 is 0 Å². The molecule has 2 rings (SSSR count). The number of aryl methyl sites for hydroxylation is 1. The Morgan fingerprint density at radius 1 is 1.36 bits per heavy atom. The summed E-state index contributed by atoms with van der Waals surface area (Å²) < 4.78 is 0. The summed E-state index contributed by atoms with van der Waals surface area (Å²) in [4.78, 5) is 4.15. The van der Waals surface area contributed by atoms with Crippen LogP contribution in [0, 0.1) is 0 Å². The predicted octanol–water partition coefficient (Wildman–Crippen LogP) is 1.03. The Balaban J connectivity index is 2.50. The summed E-state index contributed by atoms with van der Waals surface area (Å²) in [5.41, 5.74) is 9.69. The van der Waals surface area contributed by atoms with Gasteiger partial charge in [-0.2, -0.15) is 0 Å². The largest absolute Gasteiger partial charge is 0.326 e. The van der Waals surface area contributed by atoms with Crippen molar-refractivity contribution in [3.63, 3.8) is 0 Å². The molecule has 0 unspecified atom stereocenters. The van der Waals surface area contributed by atoms with Gasteiger partial charge in [0.1, 0.15) is 0 Å². The maximum atomic E-state index is 5.58. The molecule has 2 N–H and O–H groups in total. The third-order valence-electron chi connectivity index (χ3n) is 2.33. The van der Waals surface area contributed by atoms with Crippen molar-refractivity contribution in [3.8, 4) is 0 Å². The molecule has 0 aromatic carbocycles. The quantitative estimate of drug-likeness (QED) is 0.646. The van der Waals surface area contributed by atoms with E-state index in [-0.39, 0.29) is 0 Å². The lowest BCUT2D eigenvalue weighted by Crippen LogP contribution is -2.01. The van der Waals surface area contributed by atoms with Crippen LogP contribution in [0.15, 0.2) is 12.4 Å². The number of hydrogen-bond acceptors (Lipinski definition) is 2. The van der Waals surface area contributed by atoms with Crippen LogP contribution in [-0.4, -0.2) is 4.98 Å². The Bertz CT molecular complexity index is 268. The first-order valence-corrected chi connectivity index (χ1v) is 4.06. The van der Waals surface area contributed by atoms with Gasteiger partial charge in [0.05, 0.1) is 0 Å². The summed E-state index contributed by atoms with van der Waals surface area (Å²) in [7, 11) is 0. The number of fused-ring (bicyclic) bond motifs is 1. The number of nitrogens with zero attached hydrogens (tertiary/aromatic N) is 1. The maximum absolute atomic E-state index is 5.58. The third kappa shape index (κ3) is 1.03. The van der Waals surface area contributed by atoms with Crippen molar-refractivity contribution in [1.82, 2.24) is 4.98 Å². The Hall–Kier alpha value is -0.890. The fourth-order valence-corrected chi connectivity index (χ4v) is 1.75. The first-order valence-electron chi connectivity index (χ1n) is 4.06. The van der Waals surface area contributed by atoms with E-state index in [1.54, 1.807) is 0 Å². The Labute approximate surface area is 66.4 Å². The number of aromatic nitrogens is 1. The van der Waals surface area contributed by atoms with Gasteiger partial charge in [-0.1, -0.05) is 0 Å². The minimum absolute atomic E-state index is 0.635. The van der Waals surface area contributed by atoms with Crippen molar-refractivity contribution in [2.75, 3.05) is 0 Å². The lowest BCUT2D eigenvalue weighted by Gasteiger charge is -2.03. The average molecular weight is 148 g/mol. The van der Waals surface area contributed by atoms with Crippen LogP contribution in [-0.2, 0) is 19.4 Å². The van der Waals surface area contributed by atoms with Crippen LogP contribution in [0.25, 0.3) is 0 Å². The highest BCUT2D eigenvalue weighted by Crippen LogP contribution is 2.23. The van der Waals surface area contributed by atoms with Crippen LogP contribution in [0.2, 0.25) is 0 Å². The lowest BCUT2D eigenvalue weighted by atomic mass is 10.1. The summed E-state index contributed by atoms with van der Waals surface area (Å²) in [6.07, 6.45) is 7.53. The zero-order chi connectivity index (χ0) is 7.68. The first-order chi connectivity index (χ1) is 5.42. The molecule has 0 spiro atoms. The van der Waals surface area contributed by atoms with Gasteiger partial charge in [0, 0.05) is 18.9 Å². The summed E-state index contributed by atoms with van der Waals surface area (Å²) >= 11 is 0. The van der Waals surface area contributed by atoms with Crippen molar-refractivity contribution in [2.24, 2.45) is 5.73 Å². The summed E-state index contributed by atoms with van der Waals surface area (Å²) in [6, 6.07) is 0. The number of hydrogen-bond donors (Lipinski definition) is 1. The highest BCUT2D eigenvalue weighted by Gasteiger charge is 2.13. The Morgan fingerprint density at radius 3 is 3.09 bits per heavy atom. The highest BCUT2D eigenvalue weighted by atomic mass is 14.6. The molecular weight excluding hydrogens is 136 g/mol. The Kier molecular flexibility index (Phi) is 1.62. The molecule has 0 radical (unpaired) electrons. The standard InChI is InChI=1S/C9H12N2/c10-4-8-6-11-5-7-2-1-3-9(7)8/h5-6H,1-4,10H2. The number of nitrogens with two attached hydrogens (primary N) is 1. The molecule has 1 aliphatic rings. The van der Waals surface area contributed by atoms with E-state index in [0.29, 0.717) is 6.54 Å². The molecule has 2 heteroatoms. The summed E-state index contributed by atoms with van der Waals surface area (Å²) in [5, 5.41) is 0. The SMILES string of the molecule is NCc1cncc2c1CCC2. The molecule has 0 aliphatic heterocycles. The molecule has 1 aromatic rings. The van der Waals surface area contributed by atoms with Crippen molar-refractivity contribution in [1.29, 1.82) is 0 Å². The molecule has 0 fully saturated rings. The van der Waals surface area contributed by atoms with Gasteiger partial charge in [-0.05, 0) is 36.0 Å². The van der Waals surface area contributed by atoms with Crippen molar-refractivity contribution in [3.05, 3.63) is 29.1 Å². The van der Waals surface area contributed by atoms with E-state index in [9.17, 15) is 0 Å². The van der Waals surface area contributed by atoms with Crippen LogP contribution < -0.4 is 5.73 Å². The van der Waals surface area contributed by atoms with E-state index in [2.05, 4.69) is 4.98 Å². The predicted molar refractivity (Wildman–Crippen MR) is 44.2 cm³/mol. The molecular formula is C9H12N2. The maximum Gasteiger partial charge on any atom is 0.0315 e. The third-order valence-corrected chi connectivity index (χ3v) is 2.33. The first kappa shape index (κ1) is 6.80. The van der Waals surface area contributed by atoms with Gasteiger partial charge in [0.15, 0.2) is 0 Å².